The number of aliphatic carboxylic acids is 1. The number of nitrogens with one attached hydrogen (secondary N) is 2. The number of hydrogen-bond donors (Lipinski definition) is 3. The van der Waals surface area contributed by atoms with Crippen molar-refractivity contribution in [2.24, 2.45) is 5.92 Å². The Morgan fingerprint density at radius 3 is 2.59 bits per heavy atom. The molecule has 17 heavy (non-hydrogen) atoms. The minimum atomic E-state index is -1.01. The summed E-state index contributed by atoms with van der Waals surface area (Å²) in [5.41, 5.74) is 0. The minimum absolute atomic E-state index is 0.210. The Morgan fingerprint density at radius 1 is 1.24 bits per heavy atom. The first-order chi connectivity index (χ1) is 8.18. The van der Waals surface area contributed by atoms with Crippen molar-refractivity contribution in [3.05, 3.63) is 0 Å². The van der Waals surface area contributed by atoms with E-state index in [1.807, 2.05) is 0 Å². The molecular weight excluding hydrogens is 224 g/mol. The van der Waals surface area contributed by atoms with Gasteiger partial charge in [-0.2, -0.15) is 0 Å². The highest BCUT2D eigenvalue weighted by atomic mass is 16.5. The van der Waals surface area contributed by atoms with E-state index in [9.17, 15) is 9.59 Å². The zero-order valence-corrected chi connectivity index (χ0v) is 9.91. The average molecular weight is 244 g/mol. The number of carboxylic acids is 1. The molecule has 2 amide bonds. The van der Waals surface area contributed by atoms with E-state index in [-0.39, 0.29) is 19.2 Å². The second kappa shape index (κ2) is 7.89. The Morgan fingerprint density at radius 2 is 1.94 bits per heavy atom. The third-order valence-electron chi connectivity index (χ3n) is 2.53. The van der Waals surface area contributed by atoms with Gasteiger partial charge in [0, 0.05) is 13.1 Å². The molecule has 0 aliphatic heterocycles. The van der Waals surface area contributed by atoms with Crippen molar-refractivity contribution in [3.8, 4) is 0 Å². The van der Waals surface area contributed by atoms with Crippen LogP contribution in [0.1, 0.15) is 25.7 Å². The van der Waals surface area contributed by atoms with Crippen LogP contribution >= 0.6 is 0 Å². The SMILES string of the molecule is O=C(O)COCCNC(=O)NCCCC1CC1. The lowest BCUT2D eigenvalue weighted by Gasteiger charge is -2.07. The van der Waals surface area contributed by atoms with Crippen LogP contribution in [0.2, 0.25) is 0 Å². The van der Waals surface area contributed by atoms with Gasteiger partial charge in [-0.05, 0) is 18.8 Å². The van der Waals surface area contributed by atoms with Crippen LogP contribution in [0, 0.1) is 5.92 Å². The summed E-state index contributed by atoms with van der Waals surface area (Å²) in [5, 5.41) is 13.6. The van der Waals surface area contributed by atoms with Crippen molar-refractivity contribution in [3.63, 3.8) is 0 Å². The van der Waals surface area contributed by atoms with Crippen molar-refractivity contribution < 1.29 is 19.4 Å². The third kappa shape index (κ3) is 8.50. The average Bonchev–Trinajstić information content (AvgIpc) is 3.07. The fourth-order valence-corrected chi connectivity index (χ4v) is 1.46. The van der Waals surface area contributed by atoms with E-state index >= 15 is 0 Å². The molecule has 0 spiro atoms. The molecule has 6 heteroatoms. The maximum atomic E-state index is 11.2. The molecule has 1 saturated carbocycles. The summed E-state index contributed by atoms with van der Waals surface area (Å²) in [6, 6.07) is -0.222. The van der Waals surface area contributed by atoms with Gasteiger partial charge in [0.05, 0.1) is 6.61 Å². The maximum absolute atomic E-state index is 11.2. The molecule has 6 nitrogen and oxygen atoms in total. The molecule has 0 aromatic rings. The standard InChI is InChI=1S/C11H20N2O4/c14-10(15)8-17-7-6-13-11(16)12-5-1-2-9-3-4-9/h9H,1-8H2,(H,14,15)(H2,12,13,16). The van der Waals surface area contributed by atoms with Crippen molar-refractivity contribution in [2.45, 2.75) is 25.7 Å². The molecule has 1 rings (SSSR count). The second-order valence-corrected chi connectivity index (χ2v) is 4.21. The first-order valence-electron chi connectivity index (χ1n) is 5.99. The van der Waals surface area contributed by atoms with Gasteiger partial charge in [0.1, 0.15) is 6.61 Å². The number of amides is 2. The van der Waals surface area contributed by atoms with Gasteiger partial charge >= 0.3 is 12.0 Å². The molecule has 1 aliphatic rings. The Balaban J connectivity index is 1.81. The molecule has 0 unspecified atom stereocenters. The highest BCUT2D eigenvalue weighted by molar-refractivity contribution is 5.73. The molecule has 0 aromatic heterocycles. The first-order valence-corrected chi connectivity index (χ1v) is 5.99. The number of carboxylic acid groups (broad SMARTS) is 1. The van der Waals surface area contributed by atoms with Gasteiger partial charge in [-0.3, -0.25) is 0 Å². The number of ether oxygens (including phenoxy) is 1. The number of rotatable bonds is 9. The highest BCUT2D eigenvalue weighted by Crippen LogP contribution is 2.33. The number of urea groups is 1. The largest absolute Gasteiger partial charge is 0.480 e. The van der Waals surface area contributed by atoms with Crippen molar-refractivity contribution in [1.82, 2.24) is 10.6 Å². The summed E-state index contributed by atoms with van der Waals surface area (Å²) in [6.45, 7) is 0.895. The van der Waals surface area contributed by atoms with E-state index in [2.05, 4.69) is 10.6 Å². The van der Waals surface area contributed by atoms with Crippen LogP contribution in [-0.2, 0) is 9.53 Å². The van der Waals surface area contributed by atoms with Gasteiger partial charge in [0.2, 0.25) is 0 Å². The van der Waals surface area contributed by atoms with Crippen LogP contribution < -0.4 is 10.6 Å². The van der Waals surface area contributed by atoms with E-state index in [4.69, 9.17) is 9.84 Å². The summed E-state index contributed by atoms with van der Waals surface area (Å²) in [6.07, 6.45) is 4.90. The van der Waals surface area contributed by atoms with Crippen LogP contribution in [0.3, 0.4) is 0 Å². The molecule has 0 bridgehead atoms. The van der Waals surface area contributed by atoms with Crippen LogP contribution in [-0.4, -0.2) is 43.4 Å². The summed E-state index contributed by atoms with van der Waals surface area (Å²) >= 11 is 0. The molecule has 0 heterocycles. The van der Waals surface area contributed by atoms with Gasteiger partial charge in [0.25, 0.3) is 0 Å². The molecule has 1 fully saturated rings. The number of hydrogen-bond acceptors (Lipinski definition) is 3. The Hall–Kier alpha value is -1.30. The molecule has 0 radical (unpaired) electrons. The molecule has 3 N–H and O–H groups in total. The topological polar surface area (TPSA) is 87.7 Å². The minimum Gasteiger partial charge on any atom is -0.480 e. The normalized spacial score (nSPS) is 14.4. The van der Waals surface area contributed by atoms with Crippen molar-refractivity contribution in [2.75, 3.05) is 26.3 Å². The van der Waals surface area contributed by atoms with E-state index < -0.39 is 5.97 Å². The summed E-state index contributed by atoms with van der Waals surface area (Å²) in [4.78, 5) is 21.3. The summed E-state index contributed by atoms with van der Waals surface area (Å²) < 4.78 is 4.77. The summed E-state index contributed by atoms with van der Waals surface area (Å²) in [5.74, 6) is -0.112. The molecule has 0 aromatic carbocycles. The summed E-state index contributed by atoms with van der Waals surface area (Å²) in [7, 11) is 0. The Kier molecular flexibility index (Phi) is 6.39. The van der Waals surface area contributed by atoms with Crippen LogP contribution in [0.5, 0.6) is 0 Å². The number of carbonyl (C=O) groups excluding carboxylic acids is 1. The Labute approximate surface area is 101 Å². The predicted molar refractivity (Wildman–Crippen MR) is 61.8 cm³/mol. The number of carbonyl (C=O) groups is 2. The molecule has 1 aliphatic carbocycles. The monoisotopic (exact) mass is 244 g/mol. The van der Waals surface area contributed by atoms with Crippen LogP contribution in [0.4, 0.5) is 4.79 Å². The quantitative estimate of drug-likeness (QED) is 0.518. The zero-order chi connectivity index (χ0) is 12.5. The van der Waals surface area contributed by atoms with Crippen molar-refractivity contribution in [1.29, 1.82) is 0 Å². The van der Waals surface area contributed by atoms with Gasteiger partial charge in [-0.25, -0.2) is 9.59 Å². The predicted octanol–water partition coefficient (Wildman–Crippen LogP) is 0.577. The Bertz CT molecular complexity index is 254. The van der Waals surface area contributed by atoms with Crippen LogP contribution in [0.15, 0.2) is 0 Å². The first kappa shape index (κ1) is 13.8. The lowest BCUT2D eigenvalue weighted by Crippen LogP contribution is -2.37. The van der Waals surface area contributed by atoms with E-state index in [0.717, 1.165) is 12.3 Å². The van der Waals surface area contributed by atoms with Gasteiger partial charge < -0.3 is 20.5 Å². The van der Waals surface area contributed by atoms with Gasteiger partial charge in [-0.15, -0.1) is 0 Å². The molecule has 0 atom stereocenters. The lowest BCUT2D eigenvalue weighted by molar-refractivity contribution is -0.142. The van der Waals surface area contributed by atoms with Gasteiger partial charge in [0.15, 0.2) is 0 Å². The fourth-order valence-electron chi connectivity index (χ4n) is 1.46. The zero-order valence-electron chi connectivity index (χ0n) is 9.91. The fraction of sp³-hybridized carbons (Fsp3) is 0.818. The lowest BCUT2D eigenvalue weighted by atomic mass is 10.2. The molecule has 0 saturated heterocycles. The van der Waals surface area contributed by atoms with Crippen LogP contribution in [0.25, 0.3) is 0 Å². The van der Waals surface area contributed by atoms with E-state index in [0.29, 0.717) is 13.1 Å². The second-order valence-electron chi connectivity index (χ2n) is 4.21. The smallest absolute Gasteiger partial charge is 0.329 e. The maximum Gasteiger partial charge on any atom is 0.329 e. The van der Waals surface area contributed by atoms with Crippen molar-refractivity contribution >= 4 is 12.0 Å². The third-order valence-corrected chi connectivity index (χ3v) is 2.53. The van der Waals surface area contributed by atoms with Gasteiger partial charge in [-0.1, -0.05) is 12.8 Å². The molecule has 98 valence electrons. The van der Waals surface area contributed by atoms with E-state index in [1.165, 1.54) is 19.3 Å². The van der Waals surface area contributed by atoms with E-state index in [1.54, 1.807) is 0 Å². The molecular formula is C11H20N2O4. The highest BCUT2D eigenvalue weighted by Gasteiger charge is 2.19.